The van der Waals surface area contributed by atoms with Crippen molar-refractivity contribution in [2.24, 2.45) is 22.9 Å². The van der Waals surface area contributed by atoms with Crippen LogP contribution in [0.4, 0.5) is 0 Å². The van der Waals surface area contributed by atoms with Gasteiger partial charge in [0, 0.05) is 48.4 Å². The van der Waals surface area contributed by atoms with Crippen LogP contribution in [0.2, 0.25) is 5.02 Å². The number of nitrogens with zero attached hydrogens (tertiary/aromatic N) is 1. The Kier molecular flexibility index (Phi) is 24.4. The number of hydrogen-bond acceptors (Lipinski definition) is 16. The third-order valence-electron chi connectivity index (χ3n) is 13.0. The molecular weight excluding hydrogens is 1090 g/mol. The zero-order valence-corrected chi connectivity index (χ0v) is 46.4. The molecular formula is C54H68ClN11O12S2. The minimum Gasteiger partial charge on any atom is -0.508 e. The third kappa shape index (κ3) is 19.4. The molecule has 9 atom stereocenters. The number of benzene rings is 4. The van der Waals surface area contributed by atoms with E-state index >= 15 is 0 Å². The van der Waals surface area contributed by atoms with Crippen molar-refractivity contribution in [3.8, 4) is 11.5 Å². The molecule has 1 saturated heterocycles. The summed E-state index contributed by atoms with van der Waals surface area (Å²) in [5, 5.41) is 47.3. The number of nitrogens with two attached hydrogens (primary N) is 4. The average molecular weight is 1160 g/mol. The topological polar surface area (TPSA) is 394 Å². The summed E-state index contributed by atoms with van der Waals surface area (Å²) < 4.78 is 0. The molecule has 23 nitrogen and oxygen atoms in total. The maximum Gasteiger partial charge on any atom is 0.248 e. The van der Waals surface area contributed by atoms with E-state index in [0.717, 1.165) is 26.5 Å². The highest BCUT2D eigenvalue weighted by atomic mass is 35.5. The van der Waals surface area contributed by atoms with Gasteiger partial charge in [0.1, 0.15) is 53.8 Å². The van der Waals surface area contributed by atoms with Crippen LogP contribution in [0.3, 0.4) is 0 Å². The zero-order chi connectivity index (χ0) is 58.6. The number of halogens is 1. The molecule has 1 aliphatic rings. The molecule has 4 aromatic carbocycles. The fourth-order valence-corrected chi connectivity index (χ4v) is 10.8. The van der Waals surface area contributed by atoms with Crippen molar-refractivity contribution in [1.82, 2.24) is 36.8 Å². The number of phenols is 2. The molecule has 0 spiro atoms. The summed E-state index contributed by atoms with van der Waals surface area (Å²) in [4.78, 5) is 127. The number of rotatable bonds is 19. The van der Waals surface area contributed by atoms with E-state index in [0.29, 0.717) is 33.7 Å². The van der Waals surface area contributed by atoms with Gasteiger partial charge in [-0.25, -0.2) is 0 Å². The standard InChI is InChI=1S/C54H68ClN11O12S2/c1-29(67)45-53(77)64-43(54(78)66(2)44(47(59)71)26-33-12-20-37(69)21-13-33)28-80-79-27-42(63-48(72)38(57)23-30-8-16-35(55)17-9-30)52(76)62-41(25-32-10-18-36(68)19-11-32)51(75)61-40(24-31-6-14-34(15-7-31)46(58)70)50(74)60-39(49(73)65-45)5-3-4-22-56/h6-21,29,38-45,67-69H,3-5,22-28,56-57H2,1-2H3,(H2,58,70)(H2,59,71)(H,60,74)(H,61,75)(H,62,76)(H,63,72)(H,64,77)(H,65,73)/t29-,38+,39+,40-,41+,42-,43+,44-,45+/m1/s1. The molecule has 0 radical (unpaired) electrons. The van der Waals surface area contributed by atoms with Gasteiger partial charge in [0.25, 0.3) is 0 Å². The van der Waals surface area contributed by atoms with Gasteiger partial charge in [0.2, 0.25) is 53.2 Å². The molecule has 0 saturated carbocycles. The van der Waals surface area contributed by atoms with Gasteiger partial charge in [-0.15, -0.1) is 0 Å². The van der Waals surface area contributed by atoms with Gasteiger partial charge in [-0.1, -0.05) is 81.7 Å². The molecule has 17 N–H and O–H groups in total. The number of nitrogens with one attached hydrogen (secondary N) is 6. The van der Waals surface area contributed by atoms with Crippen molar-refractivity contribution in [2.45, 2.75) is 106 Å². The summed E-state index contributed by atoms with van der Waals surface area (Å²) in [6.45, 7) is 1.42. The maximum absolute atomic E-state index is 14.8. The Morgan fingerprint density at radius 2 is 1.15 bits per heavy atom. The van der Waals surface area contributed by atoms with Crippen LogP contribution < -0.4 is 54.8 Å². The number of aliphatic hydroxyl groups is 1. The number of carbonyl (C=O) groups excluding carboxylic acids is 9. The largest absolute Gasteiger partial charge is 0.508 e. The fourth-order valence-electron chi connectivity index (χ4n) is 8.35. The minimum atomic E-state index is -1.76. The first-order chi connectivity index (χ1) is 38.0. The predicted molar refractivity (Wildman–Crippen MR) is 302 cm³/mol. The summed E-state index contributed by atoms with van der Waals surface area (Å²) in [6, 6.07) is 12.3. The summed E-state index contributed by atoms with van der Waals surface area (Å²) in [6.07, 6.45) is -1.55. The summed E-state index contributed by atoms with van der Waals surface area (Å²) >= 11 is 6.07. The number of aromatic hydroxyl groups is 2. The second kappa shape index (κ2) is 30.8. The van der Waals surface area contributed by atoms with Crippen molar-refractivity contribution in [1.29, 1.82) is 0 Å². The zero-order valence-electron chi connectivity index (χ0n) is 44.0. The summed E-state index contributed by atoms with van der Waals surface area (Å²) in [7, 11) is 3.22. The van der Waals surface area contributed by atoms with Gasteiger partial charge in [0.05, 0.1) is 12.1 Å². The van der Waals surface area contributed by atoms with Crippen molar-refractivity contribution >= 4 is 86.4 Å². The number of primary amides is 2. The van der Waals surface area contributed by atoms with Crippen LogP contribution in [0, 0.1) is 0 Å². The molecule has 80 heavy (non-hydrogen) atoms. The van der Waals surface area contributed by atoms with Crippen LogP contribution in [-0.2, 0) is 64.0 Å². The SMILES string of the molecule is C[C@@H](O)[C@@H]1NC(=O)[C@H](CCCCN)NC(=O)[C@@H](Cc2ccc(C(N)=O)cc2)NC(=O)[C@H](Cc2ccc(O)cc2)NC(=O)[C@H](NC(=O)[C@@H](N)Cc2ccc(Cl)cc2)CSSC[C@@H](C(=O)N(C)[C@H](Cc2ccc(O)cc2)C(N)=O)NC1=O. The predicted octanol–water partition coefficient (Wildman–Crippen LogP) is -0.426. The molecule has 0 aliphatic carbocycles. The van der Waals surface area contributed by atoms with Gasteiger partial charge < -0.3 is 75.1 Å². The number of carbonyl (C=O) groups is 9. The molecule has 430 valence electrons. The number of hydrogen-bond donors (Lipinski definition) is 13. The highest BCUT2D eigenvalue weighted by Crippen LogP contribution is 2.25. The van der Waals surface area contributed by atoms with Crippen LogP contribution >= 0.6 is 33.2 Å². The normalized spacial score (nSPS) is 20.9. The number of unbranched alkanes of at least 4 members (excludes halogenated alkanes) is 1. The lowest BCUT2D eigenvalue weighted by molar-refractivity contribution is -0.141. The lowest BCUT2D eigenvalue weighted by atomic mass is 10.00. The Bertz CT molecular complexity index is 2800. The van der Waals surface area contributed by atoms with Crippen molar-refractivity contribution in [2.75, 3.05) is 25.1 Å². The van der Waals surface area contributed by atoms with Crippen LogP contribution in [0.25, 0.3) is 0 Å². The van der Waals surface area contributed by atoms with Crippen LogP contribution in [0.1, 0.15) is 58.8 Å². The van der Waals surface area contributed by atoms with Crippen LogP contribution in [0.5, 0.6) is 11.5 Å². The molecule has 26 heteroatoms. The van der Waals surface area contributed by atoms with E-state index in [9.17, 15) is 58.5 Å². The van der Waals surface area contributed by atoms with E-state index in [1.807, 2.05) is 0 Å². The number of phenolic OH excluding ortho intramolecular Hbond substituents is 2. The first-order valence-corrected chi connectivity index (χ1v) is 28.3. The molecule has 1 aliphatic heterocycles. The van der Waals surface area contributed by atoms with E-state index in [4.69, 9.17) is 34.5 Å². The second-order valence-corrected chi connectivity index (χ2v) is 22.2. The quantitative estimate of drug-likeness (QED) is 0.0419. The maximum atomic E-state index is 14.8. The first kappa shape index (κ1) is 63.4. The molecule has 9 amide bonds. The van der Waals surface area contributed by atoms with Crippen molar-refractivity contribution in [3.63, 3.8) is 0 Å². The Morgan fingerprint density at radius 3 is 1.69 bits per heavy atom. The molecule has 1 heterocycles. The Morgan fingerprint density at radius 1 is 0.662 bits per heavy atom. The Hall–Kier alpha value is -7.42. The van der Waals surface area contributed by atoms with Crippen LogP contribution in [0.15, 0.2) is 97.1 Å². The smallest absolute Gasteiger partial charge is 0.248 e. The van der Waals surface area contributed by atoms with Crippen molar-refractivity contribution < 1.29 is 58.5 Å². The highest BCUT2D eigenvalue weighted by molar-refractivity contribution is 8.76. The molecule has 1 fully saturated rings. The van der Waals surface area contributed by atoms with E-state index in [-0.39, 0.29) is 73.6 Å². The molecule has 0 bridgehead atoms. The summed E-state index contributed by atoms with van der Waals surface area (Å²) in [5.74, 6) is -8.63. The van der Waals surface area contributed by atoms with E-state index in [2.05, 4.69) is 31.9 Å². The molecule has 0 aromatic heterocycles. The van der Waals surface area contributed by atoms with Gasteiger partial charge in [-0.2, -0.15) is 0 Å². The van der Waals surface area contributed by atoms with Gasteiger partial charge in [0.15, 0.2) is 0 Å². The molecule has 0 unspecified atom stereocenters. The third-order valence-corrected chi connectivity index (χ3v) is 15.7. The Balaban J connectivity index is 1.59. The van der Waals surface area contributed by atoms with Gasteiger partial charge in [-0.05, 0) is 110 Å². The van der Waals surface area contributed by atoms with E-state index < -0.39 is 108 Å². The Labute approximate surface area is 475 Å². The highest BCUT2D eigenvalue weighted by Gasteiger charge is 2.38. The minimum absolute atomic E-state index is 0.0255. The monoisotopic (exact) mass is 1160 g/mol. The summed E-state index contributed by atoms with van der Waals surface area (Å²) in [5.41, 5.74) is 25.7. The first-order valence-electron chi connectivity index (χ1n) is 25.5. The second-order valence-electron chi connectivity index (χ2n) is 19.2. The number of amides is 9. The number of aliphatic hydroxyl groups excluding tert-OH is 1. The van der Waals surface area contributed by atoms with Crippen molar-refractivity contribution in [3.05, 3.63) is 130 Å². The molecule has 4 aromatic rings. The molecule has 5 rings (SSSR count). The van der Waals surface area contributed by atoms with Gasteiger partial charge >= 0.3 is 0 Å². The van der Waals surface area contributed by atoms with E-state index in [1.54, 1.807) is 24.3 Å². The average Bonchev–Trinajstić information content (AvgIpc) is 3.43. The van der Waals surface area contributed by atoms with Gasteiger partial charge in [-0.3, -0.25) is 43.2 Å². The fraction of sp³-hybridized carbons (Fsp3) is 0.389. The van der Waals surface area contributed by atoms with E-state index in [1.165, 1.54) is 86.8 Å². The number of likely N-dealkylation sites (N-methyl/N-ethyl adjacent to an activating group) is 1. The van der Waals surface area contributed by atoms with Crippen LogP contribution in [-0.4, -0.2) is 153 Å². The lowest BCUT2D eigenvalue weighted by Gasteiger charge is -2.31. The lowest BCUT2D eigenvalue weighted by Crippen LogP contribution is -2.62.